The van der Waals surface area contributed by atoms with Crippen LogP contribution in [0.25, 0.3) is 0 Å². The number of hydrogen-bond acceptors (Lipinski definition) is 1. The van der Waals surface area contributed by atoms with E-state index < -0.39 is 0 Å². The summed E-state index contributed by atoms with van der Waals surface area (Å²) in [6, 6.07) is 0.374. The van der Waals surface area contributed by atoms with E-state index in [1.165, 1.54) is 51.4 Å². The van der Waals surface area contributed by atoms with Gasteiger partial charge in [0.2, 0.25) is 0 Å². The Hall–Kier alpha value is -0.300. The van der Waals surface area contributed by atoms with Crippen molar-refractivity contribution in [2.45, 2.75) is 57.4 Å². The van der Waals surface area contributed by atoms with Crippen molar-refractivity contribution >= 4 is 0 Å². The van der Waals surface area contributed by atoms with E-state index in [4.69, 9.17) is 5.73 Å². The van der Waals surface area contributed by atoms with Crippen molar-refractivity contribution in [1.82, 2.24) is 0 Å². The van der Waals surface area contributed by atoms with Crippen LogP contribution in [-0.4, -0.2) is 6.04 Å². The standard InChI is InChI=1S/C12H21N/c13-12-7-6-11(9-12)8-10-4-2-1-3-5-10/h9-10,12H,1-8,13H2. The van der Waals surface area contributed by atoms with Crippen molar-refractivity contribution in [2.24, 2.45) is 11.7 Å². The first-order valence-corrected chi connectivity index (χ1v) is 5.80. The van der Waals surface area contributed by atoms with Crippen LogP contribution in [0.3, 0.4) is 0 Å². The zero-order valence-electron chi connectivity index (χ0n) is 8.47. The van der Waals surface area contributed by atoms with Gasteiger partial charge < -0.3 is 5.73 Å². The lowest BCUT2D eigenvalue weighted by atomic mass is 9.84. The van der Waals surface area contributed by atoms with Gasteiger partial charge >= 0.3 is 0 Å². The van der Waals surface area contributed by atoms with Gasteiger partial charge in [-0.05, 0) is 25.2 Å². The summed E-state index contributed by atoms with van der Waals surface area (Å²) in [6.07, 6.45) is 13.5. The average Bonchev–Trinajstić information content (AvgIpc) is 2.53. The maximum atomic E-state index is 5.85. The van der Waals surface area contributed by atoms with E-state index in [0.717, 1.165) is 5.92 Å². The van der Waals surface area contributed by atoms with E-state index in [2.05, 4.69) is 6.08 Å². The Labute approximate surface area is 81.4 Å². The highest BCUT2D eigenvalue weighted by molar-refractivity contribution is 5.13. The largest absolute Gasteiger partial charge is 0.324 e. The minimum Gasteiger partial charge on any atom is -0.324 e. The Morgan fingerprint density at radius 3 is 2.54 bits per heavy atom. The smallest absolute Gasteiger partial charge is 0.0229 e. The van der Waals surface area contributed by atoms with Gasteiger partial charge in [0, 0.05) is 6.04 Å². The van der Waals surface area contributed by atoms with Gasteiger partial charge in [0.05, 0.1) is 0 Å². The highest BCUT2D eigenvalue weighted by Gasteiger charge is 2.18. The summed E-state index contributed by atoms with van der Waals surface area (Å²) in [6.45, 7) is 0. The van der Waals surface area contributed by atoms with E-state index in [1.54, 1.807) is 5.57 Å². The Morgan fingerprint density at radius 2 is 1.92 bits per heavy atom. The van der Waals surface area contributed by atoms with Gasteiger partial charge in [-0.3, -0.25) is 0 Å². The first-order valence-electron chi connectivity index (χ1n) is 5.80. The molecule has 0 aromatic rings. The summed E-state index contributed by atoms with van der Waals surface area (Å²) in [5, 5.41) is 0. The lowest BCUT2D eigenvalue weighted by molar-refractivity contribution is 0.354. The zero-order valence-corrected chi connectivity index (χ0v) is 8.47. The Bertz CT molecular complexity index is 189. The summed E-state index contributed by atoms with van der Waals surface area (Å²) in [4.78, 5) is 0. The molecule has 0 aromatic carbocycles. The van der Waals surface area contributed by atoms with E-state index in [1.807, 2.05) is 0 Å². The van der Waals surface area contributed by atoms with Crippen molar-refractivity contribution in [3.05, 3.63) is 11.6 Å². The van der Waals surface area contributed by atoms with Crippen molar-refractivity contribution in [3.63, 3.8) is 0 Å². The molecule has 2 aliphatic carbocycles. The van der Waals surface area contributed by atoms with Crippen LogP contribution in [0.4, 0.5) is 0 Å². The molecule has 2 rings (SSSR count). The fourth-order valence-corrected chi connectivity index (χ4v) is 2.75. The molecule has 2 aliphatic rings. The van der Waals surface area contributed by atoms with Crippen LogP contribution in [0.1, 0.15) is 51.4 Å². The molecule has 0 radical (unpaired) electrons. The second kappa shape index (κ2) is 4.28. The fourth-order valence-electron chi connectivity index (χ4n) is 2.75. The summed E-state index contributed by atoms with van der Waals surface area (Å²) >= 11 is 0. The van der Waals surface area contributed by atoms with Crippen LogP contribution >= 0.6 is 0 Å². The molecule has 0 aromatic heterocycles. The predicted molar refractivity (Wildman–Crippen MR) is 56.5 cm³/mol. The lowest BCUT2D eigenvalue weighted by Crippen LogP contribution is -2.12. The molecule has 1 fully saturated rings. The zero-order chi connectivity index (χ0) is 9.10. The minimum absolute atomic E-state index is 0.374. The Balaban J connectivity index is 1.80. The van der Waals surface area contributed by atoms with Crippen LogP contribution in [0.2, 0.25) is 0 Å². The first kappa shape index (κ1) is 9.26. The fraction of sp³-hybridized carbons (Fsp3) is 0.833. The van der Waals surface area contributed by atoms with Crippen LogP contribution in [0.15, 0.2) is 11.6 Å². The quantitative estimate of drug-likeness (QED) is 0.648. The van der Waals surface area contributed by atoms with Crippen molar-refractivity contribution < 1.29 is 0 Å². The Morgan fingerprint density at radius 1 is 1.15 bits per heavy atom. The second-order valence-corrected chi connectivity index (χ2v) is 4.74. The normalized spacial score (nSPS) is 30.5. The highest BCUT2D eigenvalue weighted by Crippen LogP contribution is 2.32. The molecule has 0 saturated heterocycles. The third kappa shape index (κ3) is 2.57. The maximum Gasteiger partial charge on any atom is 0.0229 e. The molecule has 0 bridgehead atoms. The number of hydrogen-bond donors (Lipinski definition) is 1. The monoisotopic (exact) mass is 179 g/mol. The lowest BCUT2D eigenvalue weighted by Gasteiger charge is -2.21. The number of rotatable bonds is 2. The van der Waals surface area contributed by atoms with Crippen molar-refractivity contribution in [1.29, 1.82) is 0 Å². The van der Waals surface area contributed by atoms with Crippen LogP contribution in [0.5, 0.6) is 0 Å². The maximum absolute atomic E-state index is 5.85. The molecule has 1 nitrogen and oxygen atoms in total. The highest BCUT2D eigenvalue weighted by atomic mass is 14.6. The van der Waals surface area contributed by atoms with Crippen molar-refractivity contribution in [3.8, 4) is 0 Å². The molecule has 0 spiro atoms. The van der Waals surface area contributed by atoms with Gasteiger partial charge in [0.25, 0.3) is 0 Å². The van der Waals surface area contributed by atoms with Gasteiger partial charge in [0.1, 0.15) is 0 Å². The molecule has 1 unspecified atom stereocenters. The van der Waals surface area contributed by atoms with Crippen LogP contribution in [-0.2, 0) is 0 Å². The predicted octanol–water partition coefficient (Wildman–Crippen LogP) is 3.00. The molecule has 1 atom stereocenters. The van der Waals surface area contributed by atoms with E-state index in [9.17, 15) is 0 Å². The van der Waals surface area contributed by atoms with Gasteiger partial charge in [-0.1, -0.05) is 43.8 Å². The molecule has 0 heterocycles. The third-order valence-corrected chi connectivity index (χ3v) is 3.52. The van der Waals surface area contributed by atoms with E-state index in [0.29, 0.717) is 6.04 Å². The van der Waals surface area contributed by atoms with Gasteiger partial charge in [0.15, 0.2) is 0 Å². The SMILES string of the molecule is NC1C=C(CC2CCCCC2)CC1. The number of allylic oxidation sites excluding steroid dienone is 1. The van der Waals surface area contributed by atoms with Crippen LogP contribution in [0, 0.1) is 5.92 Å². The summed E-state index contributed by atoms with van der Waals surface area (Å²) < 4.78 is 0. The first-order chi connectivity index (χ1) is 6.34. The molecule has 2 N–H and O–H groups in total. The molecule has 0 aliphatic heterocycles. The summed E-state index contributed by atoms with van der Waals surface area (Å²) in [5.41, 5.74) is 7.51. The molecule has 1 heteroatoms. The molecular formula is C12H21N. The van der Waals surface area contributed by atoms with E-state index >= 15 is 0 Å². The van der Waals surface area contributed by atoms with Gasteiger partial charge in [-0.25, -0.2) is 0 Å². The molecule has 13 heavy (non-hydrogen) atoms. The molecule has 0 amide bonds. The third-order valence-electron chi connectivity index (χ3n) is 3.52. The van der Waals surface area contributed by atoms with Gasteiger partial charge in [-0.2, -0.15) is 0 Å². The van der Waals surface area contributed by atoms with Crippen molar-refractivity contribution in [2.75, 3.05) is 0 Å². The molecule has 74 valence electrons. The summed E-state index contributed by atoms with van der Waals surface area (Å²) in [7, 11) is 0. The minimum atomic E-state index is 0.374. The second-order valence-electron chi connectivity index (χ2n) is 4.74. The van der Waals surface area contributed by atoms with Gasteiger partial charge in [-0.15, -0.1) is 0 Å². The topological polar surface area (TPSA) is 26.0 Å². The molecular weight excluding hydrogens is 158 g/mol. The van der Waals surface area contributed by atoms with E-state index in [-0.39, 0.29) is 0 Å². The summed E-state index contributed by atoms with van der Waals surface area (Å²) in [5.74, 6) is 0.991. The average molecular weight is 179 g/mol. The van der Waals surface area contributed by atoms with Crippen LogP contribution < -0.4 is 5.73 Å². The Kier molecular flexibility index (Phi) is 3.05. The molecule has 1 saturated carbocycles. The number of nitrogens with two attached hydrogens (primary N) is 1.